The summed E-state index contributed by atoms with van der Waals surface area (Å²) in [5.41, 5.74) is 1.56. The number of hydrogen-bond acceptors (Lipinski definition) is 5. The van der Waals surface area contributed by atoms with Gasteiger partial charge in [0, 0.05) is 37.9 Å². The highest BCUT2D eigenvalue weighted by Gasteiger charge is 2.26. The minimum Gasteiger partial charge on any atom is -0.361 e. The van der Waals surface area contributed by atoms with Gasteiger partial charge in [-0.05, 0) is 27.8 Å². The molecule has 3 heterocycles. The van der Waals surface area contributed by atoms with Crippen LogP contribution in [0.2, 0.25) is 0 Å². The number of rotatable bonds is 4. The number of aryl methyl sites for hydroxylation is 1. The molecule has 7 heteroatoms. The van der Waals surface area contributed by atoms with Gasteiger partial charge in [-0.25, -0.2) is 4.98 Å². The smallest absolute Gasteiger partial charge is 0.276 e. The number of carbonyl (C=O) groups excluding carboxylic acids is 1. The molecule has 7 nitrogen and oxygen atoms in total. The molecule has 0 fully saturated rings. The first-order valence-electron chi connectivity index (χ1n) is 7.92. The van der Waals surface area contributed by atoms with Crippen LogP contribution in [0.3, 0.4) is 0 Å². The third-order valence-electron chi connectivity index (χ3n) is 4.37. The Morgan fingerprint density at radius 2 is 2.22 bits per heavy atom. The highest BCUT2D eigenvalue weighted by Crippen LogP contribution is 2.18. The topological polar surface area (TPSA) is 67.4 Å². The first-order chi connectivity index (χ1) is 11.0. The normalized spacial score (nSPS) is 14.6. The Labute approximate surface area is 135 Å². The van der Waals surface area contributed by atoms with Crippen molar-refractivity contribution >= 4 is 5.91 Å². The molecule has 0 bridgehead atoms. The second-order valence-corrected chi connectivity index (χ2v) is 6.38. The van der Waals surface area contributed by atoms with Crippen molar-refractivity contribution in [3.8, 4) is 0 Å². The van der Waals surface area contributed by atoms with E-state index in [0.29, 0.717) is 30.6 Å². The van der Waals surface area contributed by atoms with Gasteiger partial charge in [-0.2, -0.15) is 0 Å². The Kier molecular flexibility index (Phi) is 4.21. The van der Waals surface area contributed by atoms with Crippen molar-refractivity contribution in [2.24, 2.45) is 0 Å². The molecule has 0 atom stereocenters. The average Bonchev–Trinajstić information content (AvgIpc) is 3.12. The number of hydrogen-bond donors (Lipinski definition) is 0. The Morgan fingerprint density at radius 3 is 2.87 bits per heavy atom. The number of nitrogens with zero attached hydrogens (tertiary/aromatic N) is 5. The SMILES string of the molecule is Cc1cc(C(=O)N2CCn3c(CN(C)C(C)C)cnc3C2)no1. The summed E-state index contributed by atoms with van der Waals surface area (Å²) in [6.07, 6.45) is 1.92. The van der Waals surface area contributed by atoms with Crippen molar-refractivity contribution in [2.45, 2.75) is 46.4 Å². The maximum absolute atomic E-state index is 12.5. The van der Waals surface area contributed by atoms with E-state index in [1.54, 1.807) is 17.9 Å². The van der Waals surface area contributed by atoms with Gasteiger partial charge in [-0.1, -0.05) is 5.16 Å². The van der Waals surface area contributed by atoms with E-state index in [9.17, 15) is 4.79 Å². The van der Waals surface area contributed by atoms with Crippen LogP contribution in [0.5, 0.6) is 0 Å². The van der Waals surface area contributed by atoms with Crippen molar-refractivity contribution in [3.05, 3.63) is 35.2 Å². The third-order valence-corrected chi connectivity index (χ3v) is 4.37. The molecule has 1 aliphatic heterocycles. The van der Waals surface area contributed by atoms with Gasteiger partial charge >= 0.3 is 0 Å². The molecule has 0 saturated carbocycles. The fourth-order valence-corrected chi connectivity index (χ4v) is 2.69. The van der Waals surface area contributed by atoms with E-state index in [2.05, 4.69) is 40.5 Å². The van der Waals surface area contributed by atoms with Crippen molar-refractivity contribution in [2.75, 3.05) is 13.6 Å². The fourth-order valence-electron chi connectivity index (χ4n) is 2.69. The molecule has 124 valence electrons. The lowest BCUT2D eigenvalue weighted by atomic mass is 10.2. The van der Waals surface area contributed by atoms with Crippen LogP contribution in [0.4, 0.5) is 0 Å². The molecular formula is C16H23N5O2. The minimum atomic E-state index is -0.100. The molecule has 1 amide bonds. The first-order valence-corrected chi connectivity index (χ1v) is 7.92. The number of carbonyl (C=O) groups is 1. The molecule has 0 saturated heterocycles. The van der Waals surface area contributed by atoms with E-state index in [0.717, 1.165) is 18.9 Å². The summed E-state index contributed by atoms with van der Waals surface area (Å²) in [5.74, 6) is 1.47. The van der Waals surface area contributed by atoms with Crippen LogP contribution in [-0.2, 0) is 19.6 Å². The van der Waals surface area contributed by atoms with Crippen LogP contribution >= 0.6 is 0 Å². The second kappa shape index (κ2) is 6.16. The van der Waals surface area contributed by atoms with Gasteiger partial charge < -0.3 is 14.0 Å². The molecule has 23 heavy (non-hydrogen) atoms. The third kappa shape index (κ3) is 3.14. The maximum Gasteiger partial charge on any atom is 0.276 e. The monoisotopic (exact) mass is 317 g/mol. The number of fused-ring (bicyclic) bond motifs is 1. The Morgan fingerprint density at radius 1 is 1.43 bits per heavy atom. The lowest BCUT2D eigenvalue weighted by Crippen LogP contribution is -2.39. The van der Waals surface area contributed by atoms with Crippen molar-refractivity contribution < 1.29 is 9.32 Å². The van der Waals surface area contributed by atoms with Crippen molar-refractivity contribution in [1.82, 2.24) is 24.5 Å². The van der Waals surface area contributed by atoms with Crippen LogP contribution in [0.1, 0.15) is 41.6 Å². The quantitative estimate of drug-likeness (QED) is 0.858. The lowest BCUT2D eigenvalue weighted by molar-refractivity contribution is 0.0695. The van der Waals surface area contributed by atoms with Gasteiger partial charge in [-0.3, -0.25) is 9.69 Å². The van der Waals surface area contributed by atoms with Crippen LogP contribution in [0.25, 0.3) is 0 Å². The van der Waals surface area contributed by atoms with E-state index in [1.807, 2.05) is 6.20 Å². The average molecular weight is 317 g/mol. The van der Waals surface area contributed by atoms with Crippen molar-refractivity contribution in [3.63, 3.8) is 0 Å². The highest BCUT2D eigenvalue weighted by atomic mass is 16.5. The zero-order valence-electron chi connectivity index (χ0n) is 14.1. The molecule has 2 aromatic heterocycles. The molecule has 0 radical (unpaired) electrons. The van der Waals surface area contributed by atoms with Crippen LogP contribution < -0.4 is 0 Å². The summed E-state index contributed by atoms with van der Waals surface area (Å²) < 4.78 is 7.21. The summed E-state index contributed by atoms with van der Waals surface area (Å²) in [5, 5.41) is 3.81. The van der Waals surface area contributed by atoms with Gasteiger partial charge in [-0.15, -0.1) is 0 Å². The zero-order valence-corrected chi connectivity index (χ0v) is 14.1. The summed E-state index contributed by atoms with van der Waals surface area (Å²) in [6.45, 7) is 8.93. The number of imidazole rings is 1. The summed E-state index contributed by atoms with van der Waals surface area (Å²) in [6, 6.07) is 2.16. The van der Waals surface area contributed by atoms with Crippen LogP contribution in [-0.4, -0.2) is 50.0 Å². The summed E-state index contributed by atoms with van der Waals surface area (Å²) >= 11 is 0. The maximum atomic E-state index is 12.5. The van der Waals surface area contributed by atoms with E-state index in [1.165, 1.54) is 5.69 Å². The predicted octanol–water partition coefficient (Wildman–Crippen LogP) is 1.68. The van der Waals surface area contributed by atoms with Gasteiger partial charge in [0.15, 0.2) is 5.69 Å². The molecule has 0 spiro atoms. The summed E-state index contributed by atoms with van der Waals surface area (Å²) in [7, 11) is 2.11. The fraction of sp³-hybridized carbons (Fsp3) is 0.562. The minimum absolute atomic E-state index is 0.100. The first kappa shape index (κ1) is 15.7. The Hall–Kier alpha value is -2.15. The highest BCUT2D eigenvalue weighted by molar-refractivity contribution is 5.92. The molecule has 0 N–H and O–H groups in total. The van der Waals surface area contributed by atoms with Crippen LogP contribution in [0, 0.1) is 6.92 Å². The Balaban J connectivity index is 1.72. The van der Waals surface area contributed by atoms with Gasteiger partial charge in [0.1, 0.15) is 11.6 Å². The molecule has 1 aliphatic rings. The molecule has 3 rings (SSSR count). The Bertz CT molecular complexity index is 703. The number of amides is 1. The van der Waals surface area contributed by atoms with Gasteiger partial charge in [0.2, 0.25) is 0 Å². The van der Waals surface area contributed by atoms with E-state index in [4.69, 9.17) is 4.52 Å². The molecule has 0 unspecified atom stereocenters. The van der Waals surface area contributed by atoms with Crippen molar-refractivity contribution in [1.29, 1.82) is 0 Å². The van der Waals surface area contributed by atoms with E-state index in [-0.39, 0.29) is 5.91 Å². The lowest BCUT2D eigenvalue weighted by Gasteiger charge is -2.29. The molecule has 2 aromatic rings. The van der Waals surface area contributed by atoms with E-state index < -0.39 is 0 Å². The van der Waals surface area contributed by atoms with Gasteiger partial charge in [0.25, 0.3) is 5.91 Å². The standard InChI is InChI=1S/C16H23N5O2/c1-11(2)19(4)9-13-8-17-15-10-20(5-6-21(13)15)16(22)14-7-12(3)23-18-14/h7-8,11H,5-6,9-10H2,1-4H3. The van der Waals surface area contributed by atoms with Crippen LogP contribution in [0.15, 0.2) is 16.8 Å². The van der Waals surface area contributed by atoms with Gasteiger partial charge in [0.05, 0.1) is 12.2 Å². The molecule has 0 aromatic carbocycles. The summed E-state index contributed by atoms with van der Waals surface area (Å²) in [4.78, 5) is 21.0. The predicted molar refractivity (Wildman–Crippen MR) is 84.8 cm³/mol. The largest absolute Gasteiger partial charge is 0.361 e. The molecule has 0 aliphatic carbocycles. The molecular weight excluding hydrogens is 294 g/mol. The number of aromatic nitrogens is 3. The zero-order chi connectivity index (χ0) is 16.6. The second-order valence-electron chi connectivity index (χ2n) is 6.38. The van der Waals surface area contributed by atoms with E-state index >= 15 is 0 Å².